The van der Waals surface area contributed by atoms with Crippen molar-refractivity contribution in [1.29, 1.82) is 0 Å². The number of carboxylic acids is 1. The third-order valence-corrected chi connectivity index (χ3v) is 0. The largest absolute Gasteiger partial charge is 1.00 e. The second-order valence-electron chi connectivity index (χ2n) is 0.634. The monoisotopic (exact) mass is 128 g/mol. The molecule has 2 radical (unpaired) electrons. The first-order chi connectivity index (χ1) is 3.15. The fourth-order valence-electron chi connectivity index (χ4n) is 0. The van der Waals surface area contributed by atoms with E-state index in [1.807, 2.05) is 0 Å². The Labute approximate surface area is 70.1 Å². The third kappa shape index (κ3) is 928. The summed E-state index contributed by atoms with van der Waals surface area (Å²) in [6, 6.07) is 0. The van der Waals surface area contributed by atoms with Crippen LogP contribution in [0.2, 0.25) is 0 Å². The molecule has 0 unspecified atom stereocenters. The van der Waals surface area contributed by atoms with Gasteiger partial charge in [-0.1, -0.05) is 0 Å². The predicted octanol–water partition coefficient (Wildman–Crippen LogP) is -4.40. The van der Waals surface area contributed by atoms with Crippen LogP contribution < -0.4 is 29.6 Å². The fraction of sp³-hybridized carbons (Fsp3) is 0.500. The van der Waals surface area contributed by atoms with Crippen LogP contribution in [0.1, 0.15) is 6.92 Å². The smallest absolute Gasteiger partial charge is 0.639 e. The molecule has 4 nitrogen and oxygen atoms in total. The molecule has 0 aliphatic rings. The molecule has 0 fully saturated rings. The molecule has 0 aliphatic carbocycles. The first-order valence-corrected chi connectivity index (χ1v) is 1.44. The van der Waals surface area contributed by atoms with Crippen LogP contribution in [0.5, 0.6) is 0 Å². The SMILES string of the molecule is CC(=O)O.O[B-]O.[Na+]. The van der Waals surface area contributed by atoms with Gasteiger partial charge in [-0.2, -0.15) is 0 Å². The molecular formula is C2H6BNaO4. The summed E-state index contributed by atoms with van der Waals surface area (Å²) in [4.78, 5) is 9.00. The van der Waals surface area contributed by atoms with E-state index in [1.54, 1.807) is 0 Å². The minimum Gasteiger partial charge on any atom is -0.639 e. The molecule has 0 saturated heterocycles. The van der Waals surface area contributed by atoms with E-state index in [2.05, 4.69) is 0 Å². The van der Waals surface area contributed by atoms with Crippen molar-refractivity contribution in [2.75, 3.05) is 0 Å². The summed E-state index contributed by atoms with van der Waals surface area (Å²) < 4.78 is 0. The Balaban J connectivity index is -0.0000000575. The molecule has 0 saturated carbocycles. The van der Waals surface area contributed by atoms with Crippen LogP contribution in [0, 0.1) is 0 Å². The Morgan fingerprint density at radius 3 is 1.50 bits per heavy atom. The molecule has 6 heteroatoms. The van der Waals surface area contributed by atoms with E-state index in [4.69, 9.17) is 19.9 Å². The summed E-state index contributed by atoms with van der Waals surface area (Å²) in [5.41, 5.74) is 0. The zero-order chi connectivity index (χ0) is 6.28. The van der Waals surface area contributed by atoms with Crippen molar-refractivity contribution in [3.8, 4) is 0 Å². The maximum Gasteiger partial charge on any atom is 1.00 e. The van der Waals surface area contributed by atoms with Gasteiger partial charge >= 0.3 is 29.6 Å². The van der Waals surface area contributed by atoms with Crippen LogP contribution in [-0.2, 0) is 4.79 Å². The Hall–Kier alpha value is 0.455. The molecule has 0 bridgehead atoms. The minimum atomic E-state index is -0.833. The van der Waals surface area contributed by atoms with Crippen molar-refractivity contribution < 1.29 is 49.5 Å². The zero-order valence-electron chi connectivity index (χ0n) is 4.83. The van der Waals surface area contributed by atoms with Crippen LogP contribution >= 0.6 is 0 Å². The van der Waals surface area contributed by atoms with E-state index >= 15 is 0 Å². The van der Waals surface area contributed by atoms with Crippen LogP contribution in [0.25, 0.3) is 0 Å². The average molecular weight is 128 g/mol. The summed E-state index contributed by atoms with van der Waals surface area (Å²) in [5, 5.41) is 21.4. The summed E-state index contributed by atoms with van der Waals surface area (Å²) in [5.74, 6) is -0.833. The van der Waals surface area contributed by atoms with E-state index in [9.17, 15) is 0 Å². The zero-order valence-corrected chi connectivity index (χ0v) is 6.83. The maximum absolute atomic E-state index is 9.00. The molecule has 0 aromatic rings. The van der Waals surface area contributed by atoms with Gasteiger partial charge < -0.3 is 15.2 Å². The second kappa shape index (κ2) is 15.7. The summed E-state index contributed by atoms with van der Waals surface area (Å²) >= 11 is 0. The molecule has 0 atom stereocenters. The van der Waals surface area contributed by atoms with Gasteiger partial charge in [-0.25, -0.2) is 0 Å². The van der Waals surface area contributed by atoms with E-state index < -0.39 is 5.97 Å². The molecule has 0 spiro atoms. The maximum atomic E-state index is 9.00. The first-order valence-electron chi connectivity index (χ1n) is 1.44. The van der Waals surface area contributed by atoms with Gasteiger partial charge in [-0.15, -0.1) is 0 Å². The molecule has 0 rings (SSSR count). The van der Waals surface area contributed by atoms with Gasteiger partial charge in [0, 0.05) is 6.92 Å². The molecule has 0 aromatic carbocycles. The standard InChI is InChI=1S/C2H4O2.BH2O2.Na/c1-2(3)4;2-1-3;/h1H3,(H,3,4);2-3H;/q;-1;+1. The molecule has 0 aliphatic heterocycles. The van der Waals surface area contributed by atoms with Gasteiger partial charge in [-0.3, -0.25) is 4.79 Å². The van der Waals surface area contributed by atoms with Crippen molar-refractivity contribution in [2.45, 2.75) is 6.92 Å². The van der Waals surface area contributed by atoms with Gasteiger partial charge in [0.25, 0.3) is 5.97 Å². The number of carboxylic acid groups (broad SMARTS) is 1. The number of hydrogen-bond donors (Lipinski definition) is 3. The van der Waals surface area contributed by atoms with Crippen molar-refractivity contribution >= 4 is 13.7 Å². The normalized spacial score (nSPS) is 5.38. The quantitative estimate of drug-likeness (QED) is 0.288. The molecule has 0 amide bonds. The molecule has 0 heterocycles. The van der Waals surface area contributed by atoms with Crippen molar-refractivity contribution in [3.63, 3.8) is 0 Å². The second-order valence-corrected chi connectivity index (χ2v) is 0.634. The Kier molecular flexibility index (Phi) is 30.9. The average Bonchev–Trinajstić information content (AvgIpc) is 1.33. The topological polar surface area (TPSA) is 77.8 Å². The van der Waals surface area contributed by atoms with E-state index in [0.717, 1.165) is 6.92 Å². The fourth-order valence-corrected chi connectivity index (χ4v) is 0. The van der Waals surface area contributed by atoms with Gasteiger partial charge in [0.05, 0.1) is 0 Å². The third-order valence-electron chi connectivity index (χ3n) is 0. The van der Waals surface area contributed by atoms with Crippen molar-refractivity contribution in [1.82, 2.24) is 0 Å². The number of carbonyl (C=O) groups is 1. The number of rotatable bonds is 0. The van der Waals surface area contributed by atoms with Crippen molar-refractivity contribution in [3.05, 3.63) is 0 Å². The van der Waals surface area contributed by atoms with Crippen molar-refractivity contribution in [2.24, 2.45) is 0 Å². The van der Waals surface area contributed by atoms with E-state index in [-0.39, 0.29) is 37.2 Å². The van der Waals surface area contributed by atoms with Gasteiger partial charge in [0.2, 0.25) is 0 Å². The number of hydrogen-bond acceptors (Lipinski definition) is 3. The Bertz CT molecular complexity index is 45.3. The Morgan fingerprint density at radius 1 is 1.50 bits per heavy atom. The molecular weight excluding hydrogens is 122 g/mol. The minimum absolute atomic E-state index is 0. The van der Waals surface area contributed by atoms with Crippen LogP contribution in [0.3, 0.4) is 0 Å². The van der Waals surface area contributed by atoms with Gasteiger partial charge in [0.15, 0.2) is 0 Å². The summed E-state index contributed by atoms with van der Waals surface area (Å²) in [6.07, 6.45) is 0. The summed E-state index contributed by atoms with van der Waals surface area (Å²) in [7, 11) is 0. The van der Waals surface area contributed by atoms with E-state index in [1.165, 1.54) is 0 Å². The van der Waals surface area contributed by atoms with E-state index in [0.29, 0.717) is 0 Å². The van der Waals surface area contributed by atoms with Gasteiger partial charge in [0.1, 0.15) is 0 Å². The summed E-state index contributed by atoms with van der Waals surface area (Å²) in [6.45, 7) is 1.08. The van der Waals surface area contributed by atoms with Crippen LogP contribution in [0.4, 0.5) is 0 Å². The van der Waals surface area contributed by atoms with Crippen LogP contribution in [-0.4, -0.2) is 28.8 Å². The first kappa shape index (κ1) is 15.8. The molecule has 3 N–H and O–H groups in total. The molecule has 0 aromatic heterocycles. The predicted molar refractivity (Wildman–Crippen MR) is 23.5 cm³/mol. The van der Waals surface area contributed by atoms with Crippen LogP contribution in [0.15, 0.2) is 0 Å². The van der Waals surface area contributed by atoms with Gasteiger partial charge in [-0.05, 0) is 7.69 Å². The Morgan fingerprint density at radius 2 is 1.50 bits per heavy atom. The molecule has 8 heavy (non-hydrogen) atoms. The number of aliphatic carboxylic acids is 1. The molecule has 42 valence electrons.